The zero-order valence-electron chi connectivity index (χ0n) is 12.3. The molecule has 0 unspecified atom stereocenters. The summed E-state index contributed by atoms with van der Waals surface area (Å²) in [6.45, 7) is 15.6. The van der Waals surface area contributed by atoms with E-state index in [1.807, 2.05) is 48.5 Å². The average molecular weight is 239 g/mol. The van der Waals surface area contributed by atoms with Gasteiger partial charge in [0.2, 0.25) is 5.65 Å². The Kier molecular flexibility index (Phi) is 11.7. The molecule has 2 aromatic heterocycles. The van der Waals surface area contributed by atoms with E-state index in [1.165, 1.54) is 0 Å². The zero-order chi connectivity index (χ0) is 13.8. The van der Waals surface area contributed by atoms with Gasteiger partial charge in [0.15, 0.2) is 5.89 Å². The Balaban J connectivity index is 0. The van der Waals surface area contributed by atoms with Crippen LogP contribution in [0.25, 0.3) is 11.4 Å². The lowest BCUT2D eigenvalue weighted by molar-refractivity contribution is 0.550. The van der Waals surface area contributed by atoms with Crippen LogP contribution in [0.15, 0.2) is 10.6 Å². The van der Waals surface area contributed by atoms with E-state index in [0.29, 0.717) is 17.3 Å². The highest BCUT2D eigenvalue weighted by Gasteiger charge is 2.02. The van der Waals surface area contributed by atoms with Crippen molar-refractivity contribution in [2.45, 2.75) is 55.4 Å². The van der Waals surface area contributed by atoms with Gasteiger partial charge in [-0.05, 0) is 6.92 Å². The van der Waals surface area contributed by atoms with Crippen molar-refractivity contribution in [3.8, 4) is 0 Å². The first-order valence-electron chi connectivity index (χ1n) is 6.32. The standard InChI is InChI=1S/C7H7N3O.3C2H6/c1-4-3-8-6-7(9-4)11-5(2)10-6;3*1-2/h3H,1-2H3;3*1-2H3. The van der Waals surface area contributed by atoms with E-state index >= 15 is 0 Å². The minimum atomic E-state index is 0.516. The van der Waals surface area contributed by atoms with Crippen LogP contribution in [0, 0.1) is 13.8 Å². The summed E-state index contributed by atoms with van der Waals surface area (Å²) < 4.78 is 5.16. The molecule has 0 saturated carbocycles. The largest absolute Gasteiger partial charge is 0.421 e. The van der Waals surface area contributed by atoms with E-state index in [1.54, 1.807) is 13.1 Å². The van der Waals surface area contributed by atoms with Gasteiger partial charge >= 0.3 is 0 Å². The van der Waals surface area contributed by atoms with Gasteiger partial charge in [0.1, 0.15) is 0 Å². The monoisotopic (exact) mass is 239 g/mol. The molecule has 0 saturated heterocycles. The second-order valence-corrected chi connectivity index (χ2v) is 2.37. The molecule has 4 heteroatoms. The summed E-state index contributed by atoms with van der Waals surface area (Å²) in [7, 11) is 0. The second kappa shape index (κ2) is 11.0. The number of rotatable bonds is 0. The van der Waals surface area contributed by atoms with E-state index < -0.39 is 0 Å². The quantitative estimate of drug-likeness (QED) is 0.687. The van der Waals surface area contributed by atoms with Crippen LogP contribution in [0.1, 0.15) is 53.1 Å². The smallest absolute Gasteiger partial charge is 0.266 e. The molecular weight excluding hydrogens is 214 g/mol. The lowest BCUT2D eigenvalue weighted by Gasteiger charge is -1.86. The van der Waals surface area contributed by atoms with Crippen LogP contribution in [-0.2, 0) is 0 Å². The summed E-state index contributed by atoms with van der Waals surface area (Å²) in [5.74, 6) is 0.602. The van der Waals surface area contributed by atoms with Crippen LogP contribution in [0.2, 0.25) is 0 Å². The minimum Gasteiger partial charge on any atom is -0.421 e. The van der Waals surface area contributed by atoms with Gasteiger partial charge in [0, 0.05) is 6.92 Å². The Bertz CT molecular complexity index is 396. The third-order valence-corrected chi connectivity index (χ3v) is 1.35. The molecule has 98 valence electrons. The molecule has 0 amide bonds. The predicted octanol–water partition coefficient (Wildman–Crippen LogP) is 4.31. The van der Waals surface area contributed by atoms with Crippen molar-refractivity contribution in [2.75, 3.05) is 0 Å². The molecule has 0 aromatic carbocycles. The Morgan fingerprint density at radius 3 is 1.94 bits per heavy atom. The molecule has 0 spiro atoms. The summed E-state index contributed by atoms with van der Waals surface area (Å²) in [4.78, 5) is 12.2. The molecule has 0 fully saturated rings. The number of hydrogen-bond acceptors (Lipinski definition) is 4. The van der Waals surface area contributed by atoms with Crippen molar-refractivity contribution in [1.29, 1.82) is 0 Å². The summed E-state index contributed by atoms with van der Waals surface area (Å²) in [6.07, 6.45) is 1.67. The van der Waals surface area contributed by atoms with Gasteiger partial charge in [0.05, 0.1) is 11.9 Å². The normalized spacial score (nSPS) is 8.00. The van der Waals surface area contributed by atoms with Crippen LogP contribution in [-0.4, -0.2) is 15.0 Å². The van der Waals surface area contributed by atoms with Crippen molar-refractivity contribution in [3.63, 3.8) is 0 Å². The molecule has 0 aliphatic carbocycles. The minimum absolute atomic E-state index is 0.516. The maximum Gasteiger partial charge on any atom is 0.266 e. The zero-order valence-corrected chi connectivity index (χ0v) is 12.3. The van der Waals surface area contributed by atoms with Gasteiger partial charge < -0.3 is 4.42 Å². The molecule has 2 aromatic rings. The first-order valence-corrected chi connectivity index (χ1v) is 6.32. The Hall–Kier alpha value is -1.45. The van der Waals surface area contributed by atoms with Crippen LogP contribution < -0.4 is 0 Å². The highest BCUT2D eigenvalue weighted by Crippen LogP contribution is 2.09. The van der Waals surface area contributed by atoms with E-state index in [9.17, 15) is 0 Å². The average Bonchev–Trinajstić information content (AvgIpc) is 2.76. The van der Waals surface area contributed by atoms with Crippen LogP contribution in [0.5, 0.6) is 0 Å². The summed E-state index contributed by atoms with van der Waals surface area (Å²) >= 11 is 0. The number of hydrogen-bond donors (Lipinski definition) is 0. The number of oxazole rings is 1. The lowest BCUT2D eigenvalue weighted by Crippen LogP contribution is -1.83. The van der Waals surface area contributed by atoms with Crippen molar-refractivity contribution >= 4 is 11.4 Å². The number of nitrogens with zero attached hydrogens (tertiary/aromatic N) is 3. The number of aryl methyl sites for hydroxylation is 2. The molecule has 17 heavy (non-hydrogen) atoms. The summed E-state index contributed by atoms with van der Waals surface area (Å²) in [6, 6.07) is 0. The number of aromatic nitrogens is 3. The third-order valence-electron chi connectivity index (χ3n) is 1.35. The fourth-order valence-corrected chi connectivity index (χ4v) is 0.906. The van der Waals surface area contributed by atoms with Gasteiger partial charge in [-0.2, -0.15) is 4.98 Å². The molecule has 0 aliphatic heterocycles. The molecule has 2 heterocycles. The van der Waals surface area contributed by atoms with E-state index in [4.69, 9.17) is 4.42 Å². The van der Waals surface area contributed by atoms with E-state index in [-0.39, 0.29) is 0 Å². The molecule has 0 bridgehead atoms. The maximum atomic E-state index is 5.16. The second-order valence-electron chi connectivity index (χ2n) is 2.37. The molecule has 4 nitrogen and oxygen atoms in total. The molecule has 0 atom stereocenters. The Morgan fingerprint density at radius 1 is 0.882 bits per heavy atom. The van der Waals surface area contributed by atoms with Gasteiger partial charge in [-0.3, -0.25) is 0 Å². The summed E-state index contributed by atoms with van der Waals surface area (Å²) in [5, 5.41) is 0. The molecule has 2 rings (SSSR count). The fraction of sp³-hybridized carbons (Fsp3) is 0.615. The van der Waals surface area contributed by atoms with Gasteiger partial charge in [-0.15, -0.1) is 0 Å². The maximum absolute atomic E-state index is 5.16. The molecule has 0 radical (unpaired) electrons. The van der Waals surface area contributed by atoms with Crippen LogP contribution in [0.4, 0.5) is 0 Å². The predicted molar refractivity (Wildman–Crippen MR) is 73.1 cm³/mol. The van der Waals surface area contributed by atoms with Crippen LogP contribution >= 0.6 is 0 Å². The van der Waals surface area contributed by atoms with Crippen LogP contribution in [0.3, 0.4) is 0 Å². The lowest BCUT2D eigenvalue weighted by atomic mass is 10.5. The van der Waals surface area contributed by atoms with Crippen molar-refractivity contribution in [3.05, 3.63) is 17.8 Å². The van der Waals surface area contributed by atoms with E-state index in [0.717, 1.165) is 5.69 Å². The van der Waals surface area contributed by atoms with Gasteiger partial charge in [-0.1, -0.05) is 41.5 Å². The van der Waals surface area contributed by atoms with Crippen molar-refractivity contribution < 1.29 is 4.42 Å². The topological polar surface area (TPSA) is 51.8 Å². The van der Waals surface area contributed by atoms with Gasteiger partial charge in [0.25, 0.3) is 5.71 Å². The Labute approximate surface area is 105 Å². The van der Waals surface area contributed by atoms with Crippen molar-refractivity contribution in [1.82, 2.24) is 15.0 Å². The first kappa shape index (κ1) is 17.9. The fourth-order valence-electron chi connectivity index (χ4n) is 0.906. The number of fused-ring (bicyclic) bond motifs is 1. The van der Waals surface area contributed by atoms with Gasteiger partial charge in [-0.25, -0.2) is 9.97 Å². The van der Waals surface area contributed by atoms with E-state index in [2.05, 4.69) is 15.0 Å². The summed E-state index contributed by atoms with van der Waals surface area (Å²) in [5.41, 5.74) is 1.93. The molecular formula is C13H25N3O. The highest BCUT2D eigenvalue weighted by molar-refractivity contribution is 5.61. The van der Waals surface area contributed by atoms with Crippen molar-refractivity contribution in [2.24, 2.45) is 0 Å². The highest BCUT2D eigenvalue weighted by atomic mass is 16.4. The molecule has 0 N–H and O–H groups in total. The molecule has 0 aliphatic rings. The Morgan fingerprint density at radius 2 is 1.41 bits per heavy atom. The SMILES string of the molecule is CC.CC.CC.Cc1cnc2nc(C)oc2n1. The third kappa shape index (κ3) is 6.00. The first-order chi connectivity index (χ1) is 8.25.